The van der Waals surface area contributed by atoms with Crippen LogP contribution in [0.4, 0.5) is 5.69 Å². The molecule has 1 aromatic rings. The predicted molar refractivity (Wildman–Crippen MR) is 66.1 cm³/mol. The van der Waals surface area contributed by atoms with Gasteiger partial charge in [-0.15, -0.1) is 0 Å². The third kappa shape index (κ3) is 2.19. The van der Waals surface area contributed by atoms with Crippen LogP contribution in [0.1, 0.15) is 11.6 Å². The molecule has 1 heterocycles. The molecule has 1 fully saturated rings. The van der Waals surface area contributed by atoms with E-state index in [2.05, 4.69) is 0 Å². The molecular formula is C12H15N3O3. The first-order valence-electron chi connectivity index (χ1n) is 5.70. The molecule has 2 rings (SSSR count). The van der Waals surface area contributed by atoms with Crippen molar-refractivity contribution in [2.75, 3.05) is 27.2 Å². The highest BCUT2D eigenvalue weighted by molar-refractivity contribution is 5.84. The summed E-state index contributed by atoms with van der Waals surface area (Å²) in [6.07, 6.45) is 0. The van der Waals surface area contributed by atoms with Crippen molar-refractivity contribution >= 4 is 11.6 Å². The van der Waals surface area contributed by atoms with Crippen LogP contribution in [0.15, 0.2) is 24.3 Å². The number of nitrogens with zero attached hydrogens (tertiary/aromatic N) is 3. The topological polar surface area (TPSA) is 66.7 Å². The van der Waals surface area contributed by atoms with E-state index < -0.39 is 11.0 Å². The fourth-order valence-corrected chi connectivity index (χ4v) is 2.15. The molecule has 1 aromatic carbocycles. The van der Waals surface area contributed by atoms with Gasteiger partial charge in [-0.3, -0.25) is 19.8 Å². The molecule has 18 heavy (non-hydrogen) atoms. The third-order valence-electron chi connectivity index (χ3n) is 3.24. The smallest absolute Gasteiger partial charge is 0.269 e. The van der Waals surface area contributed by atoms with E-state index >= 15 is 0 Å². The van der Waals surface area contributed by atoms with E-state index in [-0.39, 0.29) is 11.6 Å². The number of likely N-dealkylation sites (N-methyl/N-ethyl adjacent to an activating group) is 2. The summed E-state index contributed by atoms with van der Waals surface area (Å²) in [5, 5.41) is 10.8. The Labute approximate surface area is 105 Å². The summed E-state index contributed by atoms with van der Waals surface area (Å²) in [7, 11) is 3.61. The molecule has 1 saturated heterocycles. The molecule has 1 amide bonds. The molecule has 96 valence electrons. The number of benzene rings is 1. The summed E-state index contributed by atoms with van der Waals surface area (Å²) < 4.78 is 0. The monoisotopic (exact) mass is 249 g/mol. The minimum absolute atomic E-state index is 0.0157. The molecule has 0 N–H and O–H groups in total. The van der Waals surface area contributed by atoms with Gasteiger partial charge in [0, 0.05) is 32.3 Å². The molecule has 0 aliphatic carbocycles. The molecule has 0 spiro atoms. The van der Waals surface area contributed by atoms with Gasteiger partial charge < -0.3 is 4.90 Å². The molecule has 0 aromatic heterocycles. The number of carbonyl (C=O) groups is 1. The largest absolute Gasteiger partial charge is 0.343 e. The SMILES string of the molecule is CN1CCN(C)C(c2cccc([N+](=O)[O-])c2)C1=O. The van der Waals surface area contributed by atoms with E-state index in [4.69, 9.17) is 0 Å². The zero-order chi connectivity index (χ0) is 13.3. The lowest BCUT2D eigenvalue weighted by atomic mass is 10.0. The average Bonchev–Trinajstić information content (AvgIpc) is 2.35. The van der Waals surface area contributed by atoms with Gasteiger partial charge in [0.05, 0.1) is 4.92 Å². The van der Waals surface area contributed by atoms with Gasteiger partial charge in [-0.25, -0.2) is 0 Å². The highest BCUT2D eigenvalue weighted by Crippen LogP contribution is 2.27. The van der Waals surface area contributed by atoms with E-state index in [1.807, 2.05) is 11.9 Å². The molecule has 0 saturated carbocycles. The Morgan fingerprint density at radius 3 is 2.72 bits per heavy atom. The predicted octanol–water partition coefficient (Wildman–Crippen LogP) is 1.04. The third-order valence-corrected chi connectivity index (χ3v) is 3.24. The summed E-state index contributed by atoms with van der Waals surface area (Å²) in [5.41, 5.74) is 0.685. The normalized spacial score (nSPS) is 21.1. The fourth-order valence-electron chi connectivity index (χ4n) is 2.15. The van der Waals surface area contributed by atoms with Gasteiger partial charge in [0.2, 0.25) is 5.91 Å². The van der Waals surface area contributed by atoms with Crippen LogP contribution in [0.3, 0.4) is 0 Å². The number of non-ortho nitro benzene ring substituents is 1. The maximum atomic E-state index is 12.1. The summed E-state index contributed by atoms with van der Waals surface area (Å²) >= 11 is 0. The van der Waals surface area contributed by atoms with Crippen LogP contribution in [-0.2, 0) is 4.79 Å². The number of amides is 1. The van der Waals surface area contributed by atoms with Crippen LogP contribution in [0.5, 0.6) is 0 Å². The van der Waals surface area contributed by atoms with Crippen LogP contribution in [0.25, 0.3) is 0 Å². The molecular weight excluding hydrogens is 234 g/mol. The lowest BCUT2D eigenvalue weighted by Crippen LogP contribution is -2.48. The zero-order valence-corrected chi connectivity index (χ0v) is 10.4. The van der Waals surface area contributed by atoms with E-state index in [1.165, 1.54) is 12.1 Å². The molecule has 0 bridgehead atoms. The second-order valence-electron chi connectivity index (χ2n) is 4.50. The number of hydrogen-bond acceptors (Lipinski definition) is 4. The average molecular weight is 249 g/mol. The Bertz CT molecular complexity index is 489. The van der Waals surface area contributed by atoms with Gasteiger partial charge in [-0.05, 0) is 12.6 Å². The van der Waals surface area contributed by atoms with Gasteiger partial charge in [0.1, 0.15) is 6.04 Å². The van der Waals surface area contributed by atoms with Gasteiger partial charge >= 0.3 is 0 Å². The van der Waals surface area contributed by atoms with Crippen molar-refractivity contribution in [2.24, 2.45) is 0 Å². The van der Waals surface area contributed by atoms with Crippen molar-refractivity contribution in [1.82, 2.24) is 9.80 Å². The molecule has 6 nitrogen and oxygen atoms in total. The lowest BCUT2D eigenvalue weighted by Gasteiger charge is -2.36. The Morgan fingerprint density at radius 2 is 2.06 bits per heavy atom. The maximum absolute atomic E-state index is 12.1. The van der Waals surface area contributed by atoms with E-state index in [1.54, 1.807) is 24.1 Å². The van der Waals surface area contributed by atoms with Crippen molar-refractivity contribution in [2.45, 2.75) is 6.04 Å². The van der Waals surface area contributed by atoms with Crippen molar-refractivity contribution in [3.05, 3.63) is 39.9 Å². The molecule has 1 aliphatic heterocycles. The van der Waals surface area contributed by atoms with Crippen molar-refractivity contribution in [1.29, 1.82) is 0 Å². The Kier molecular flexibility index (Phi) is 3.29. The van der Waals surface area contributed by atoms with Crippen molar-refractivity contribution < 1.29 is 9.72 Å². The van der Waals surface area contributed by atoms with E-state index in [0.29, 0.717) is 12.1 Å². The Morgan fingerprint density at radius 1 is 1.33 bits per heavy atom. The van der Waals surface area contributed by atoms with Crippen LogP contribution in [0, 0.1) is 10.1 Å². The Balaban J connectivity index is 2.37. The molecule has 0 radical (unpaired) electrons. The summed E-state index contributed by atoms with van der Waals surface area (Å²) in [4.78, 5) is 26.0. The quantitative estimate of drug-likeness (QED) is 0.580. The van der Waals surface area contributed by atoms with E-state index in [0.717, 1.165) is 6.54 Å². The minimum atomic E-state index is -0.444. The molecule has 6 heteroatoms. The molecule has 1 atom stereocenters. The number of nitro groups is 1. The number of nitro benzene ring substituents is 1. The number of carbonyl (C=O) groups excluding carboxylic acids is 1. The van der Waals surface area contributed by atoms with E-state index in [9.17, 15) is 14.9 Å². The van der Waals surface area contributed by atoms with Gasteiger partial charge in [-0.1, -0.05) is 12.1 Å². The maximum Gasteiger partial charge on any atom is 0.269 e. The highest BCUT2D eigenvalue weighted by atomic mass is 16.6. The van der Waals surface area contributed by atoms with Crippen LogP contribution in [-0.4, -0.2) is 47.8 Å². The number of rotatable bonds is 2. The first kappa shape index (κ1) is 12.5. The minimum Gasteiger partial charge on any atom is -0.343 e. The van der Waals surface area contributed by atoms with Crippen molar-refractivity contribution in [3.8, 4) is 0 Å². The second kappa shape index (κ2) is 4.73. The number of hydrogen-bond donors (Lipinski definition) is 0. The van der Waals surface area contributed by atoms with Crippen LogP contribution < -0.4 is 0 Å². The van der Waals surface area contributed by atoms with Crippen molar-refractivity contribution in [3.63, 3.8) is 0 Å². The summed E-state index contributed by atoms with van der Waals surface area (Å²) in [5.74, 6) is -0.0238. The second-order valence-corrected chi connectivity index (χ2v) is 4.50. The van der Waals surface area contributed by atoms with Gasteiger partial charge in [0.25, 0.3) is 5.69 Å². The first-order chi connectivity index (χ1) is 8.50. The standard InChI is InChI=1S/C12H15N3O3/c1-13-6-7-14(2)12(16)11(13)9-4-3-5-10(8-9)15(17)18/h3-5,8,11H,6-7H2,1-2H3. The summed E-state index contributed by atoms with van der Waals surface area (Å²) in [6, 6.07) is 5.84. The fraction of sp³-hybridized carbons (Fsp3) is 0.417. The number of piperazine rings is 1. The summed E-state index contributed by atoms with van der Waals surface area (Å²) in [6.45, 7) is 1.44. The zero-order valence-electron chi connectivity index (χ0n) is 10.4. The lowest BCUT2D eigenvalue weighted by molar-refractivity contribution is -0.384. The highest BCUT2D eigenvalue weighted by Gasteiger charge is 2.32. The first-order valence-corrected chi connectivity index (χ1v) is 5.70. The van der Waals surface area contributed by atoms with Gasteiger partial charge in [-0.2, -0.15) is 0 Å². The molecule has 1 unspecified atom stereocenters. The van der Waals surface area contributed by atoms with Gasteiger partial charge in [0.15, 0.2) is 0 Å². The van der Waals surface area contributed by atoms with Crippen LogP contribution in [0.2, 0.25) is 0 Å². The van der Waals surface area contributed by atoms with Crippen LogP contribution >= 0.6 is 0 Å². The Hall–Kier alpha value is -1.95. The molecule has 1 aliphatic rings.